The van der Waals surface area contributed by atoms with Crippen LogP contribution in [0, 0.1) is 0 Å². The zero-order valence-corrected chi connectivity index (χ0v) is 9.30. The number of nitrogens with two attached hydrogens (primary N) is 1. The van der Waals surface area contributed by atoms with Gasteiger partial charge in [0.2, 0.25) is 5.82 Å². The number of hydrogen-bond acceptors (Lipinski definition) is 5. The van der Waals surface area contributed by atoms with Crippen LogP contribution in [-0.2, 0) is 4.74 Å². The number of rotatable bonds is 2. The highest BCUT2D eigenvalue weighted by Gasteiger charge is 2.24. The number of para-hydroxylation sites is 1. The van der Waals surface area contributed by atoms with Crippen molar-refractivity contribution in [2.45, 2.75) is 18.9 Å². The zero-order chi connectivity index (χ0) is 11.7. The predicted octanol–water partition coefficient (Wildman–Crippen LogP) is 2.17. The van der Waals surface area contributed by atoms with Crippen LogP contribution in [-0.4, -0.2) is 16.7 Å². The molecule has 5 nitrogen and oxygen atoms in total. The molecule has 1 aromatic heterocycles. The van der Waals surface area contributed by atoms with E-state index in [1.54, 1.807) is 0 Å². The van der Waals surface area contributed by atoms with Gasteiger partial charge < -0.3 is 15.0 Å². The predicted molar refractivity (Wildman–Crippen MR) is 62.1 cm³/mol. The summed E-state index contributed by atoms with van der Waals surface area (Å²) in [6.45, 7) is 0.760. The molecule has 1 atom stereocenters. The highest BCUT2D eigenvalue weighted by Crippen LogP contribution is 2.29. The van der Waals surface area contributed by atoms with Crippen LogP contribution in [0.4, 0.5) is 5.69 Å². The third-order valence-electron chi connectivity index (χ3n) is 2.85. The molecule has 0 spiro atoms. The van der Waals surface area contributed by atoms with Gasteiger partial charge in [0.1, 0.15) is 6.10 Å². The fourth-order valence-corrected chi connectivity index (χ4v) is 1.95. The van der Waals surface area contributed by atoms with Crippen LogP contribution in [0.1, 0.15) is 24.8 Å². The average molecular weight is 231 g/mol. The summed E-state index contributed by atoms with van der Waals surface area (Å²) in [4.78, 5) is 4.34. The van der Waals surface area contributed by atoms with Crippen molar-refractivity contribution < 1.29 is 9.26 Å². The van der Waals surface area contributed by atoms with E-state index in [1.165, 1.54) is 0 Å². The first kappa shape index (κ1) is 10.3. The molecule has 1 fully saturated rings. The van der Waals surface area contributed by atoms with E-state index in [9.17, 15) is 0 Å². The Morgan fingerprint density at radius 2 is 2.18 bits per heavy atom. The molecule has 1 aliphatic rings. The second-order valence-corrected chi connectivity index (χ2v) is 4.05. The number of nitrogen functional groups attached to an aromatic ring is 1. The van der Waals surface area contributed by atoms with Crippen LogP contribution in [0.15, 0.2) is 28.8 Å². The molecule has 88 valence electrons. The maximum Gasteiger partial charge on any atom is 0.256 e. The Labute approximate surface area is 98.6 Å². The van der Waals surface area contributed by atoms with Gasteiger partial charge in [-0.15, -0.1) is 0 Å². The van der Waals surface area contributed by atoms with Gasteiger partial charge in [-0.1, -0.05) is 17.3 Å². The average Bonchev–Trinajstić information content (AvgIpc) is 3.00. The van der Waals surface area contributed by atoms with Crippen molar-refractivity contribution in [2.24, 2.45) is 0 Å². The molecule has 1 aliphatic heterocycles. The Balaban J connectivity index is 1.92. The molecule has 0 bridgehead atoms. The first-order valence-corrected chi connectivity index (χ1v) is 5.64. The summed E-state index contributed by atoms with van der Waals surface area (Å²) in [5, 5.41) is 3.95. The van der Waals surface area contributed by atoms with E-state index in [0.717, 1.165) is 25.0 Å². The lowest BCUT2D eigenvalue weighted by molar-refractivity contribution is 0.0835. The smallest absolute Gasteiger partial charge is 0.256 e. The van der Waals surface area contributed by atoms with E-state index in [1.807, 2.05) is 24.3 Å². The van der Waals surface area contributed by atoms with Crippen molar-refractivity contribution >= 4 is 5.69 Å². The summed E-state index contributed by atoms with van der Waals surface area (Å²) in [5.74, 6) is 1.06. The Kier molecular flexibility index (Phi) is 2.53. The molecule has 1 saturated heterocycles. The molecule has 3 rings (SSSR count). The number of nitrogens with zero attached hydrogens (tertiary/aromatic N) is 2. The number of aromatic nitrogens is 2. The molecule has 1 aromatic carbocycles. The van der Waals surface area contributed by atoms with Crippen LogP contribution in [0.3, 0.4) is 0 Å². The molecule has 2 N–H and O–H groups in total. The third-order valence-corrected chi connectivity index (χ3v) is 2.85. The van der Waals surface area contributed by atoms with Gasteiger partial charge in [0.15, 0.2) is 0 Å². The van der Waals surface area contributed by atoms with Crippen LogP contribution in [0.25, 0.3) is 11.4 Å². The van der Waals surface area contributed by atoms with Gasteiger partial charge in [0, 0.05) is 17.9 Å². The molecule has 0 aliphatic carbocycles. The number of hydrogen-bond donors (Lipinski definition) is 1. The molecule has 17 heavy (non-hydrogen) atoms. The van der Waals surface area contributed by atoms with Gasteiger partial charge in [-0.05, 0) is 25.0 Å². The normalized spacial score (nSPS) is 19.6. The monoisotopic (exact) mass is 231 g/mol. The van der Waals surface area contributed by atoms with Crippen molar-refractivity contribution in [3.05, 3.63) is 30.2 Å². The number of benzene rings is 1. The van der Waals surface area contributed by atoms with E-state index < -0.39 is 0 Å². The topological polar surface area (TPSA) is 74.2 Å². The third kappa shape index (κ3) is 1.89. The molecule has 0 amide bonds. The quantitative estimate of drug-likeness (QED) is 0.802. The lowest BCUT2D eigenvalue weighted by Gasteiger charge is -2.01. The first-order valence-electron chi connectivity index (χ1n) is 5.64. The molecule has 0 saturated carbocycles. The largest absolute Gasteiger partial charge is 0.398 e. The van der Waals surface area contributed by atoms with Crippen LogP contribution < -0.4 is 5.73 Å². The lowest BCUT2D eigenvalue weighted by atomic mass is 10.2. The van der Waals surface area contributed by atoms with Crippen molar-refractivity contribution in [1.29, 1.82) is 0 Å². The second kappa shape index (κ2) is 4.18. The van der Waals surface area contributed by atoms with Crippen LogP contribution in [0.2, 0.25) is 0 Å². The summed E-state index contributed by atoms with van der Waals surface area (Å²) in [5.41, 5.74) is 7.30. The SMILES string of the molecule is Nc1ccccc1-c1noc(C2CCCO2)n1. The van der Waals surface area contributed by atoms with E-state index in [4.69, 9.17) is 15.0 Å². The summed E-state index contributed by atoms with van der Waals surface area (Å²) >= 11 is 0. The van der Waals surface area contributed by atoms with Crippen molar-refractivity contribution in [3.8, 4) is 11.4 Å². The minimum atomic E-state index is -0.0545. The molecular formula is C12H13N3O2. The molecule has 0 radical (unpaired) electrons. The van der Waals surface area contributed by atoms with Gasteiger partial charge in [-0.3, -0.25) is 0 Å². The zero-order valence-electron chi connectivity index (χ0n) is 9.30. The molecule has 2 aromatic rings. The number of anilines is 1. The Morgan fingerprint density at radius 3 is 2.94 bits per heavy atom. The number of ether oxygens (including phenoxy) is 1. The van der Waals surface area contributed by atoms with Gasteiger partial charge >= 0.3 is 0 Å². The van der Waals surface area contributed by atoms with Gasteiger partial charge in [0.05, 0.1) is 0 Å². The van der Waals surface area contributed by atoms with Crippen molar-refractivity contribution in [2.75, 3.05) is 12.3 Å². The fourth-order valence-electron chi connectivity index (χ4n) is 1.95. The minimum Gasteiger partial charge on any atom is -0.398 e. The Hall–Kier alpha value is -1.88. The summed E-state index contributed by atoms with van der Waals surface area (Å²) in [7, 11) is 0. The Morgan fingerprint density at radius 1 is 1.29 bits per heavy atom. The van der Waals surface area contributed by atoms with Crippen LogP contribution in [0.5, 0.6) is 0 Å². The highest BCUT2D eigenvalue weighted by molar-refractivity contribution is 5.70. The minimum absolute atomic E-state index is 0.0545. The van der Waals surface area contributed by atoms with Crippen LogP contribution >= 0.6 is 0 Å². The van der Waals surface area contributed by atoms with Gasteiger partial charge in [-0.2, -0.15) is 4.98 Å². The summed E-state index contributed by atoms with van der Waals surface area (Å²) in [6.07, 6.45) is 1.92. The summed E-state index contributed by atoms with van der Waals surface area (Å²) in [6, 6.07) is 7.46. The van der Waals surface area contributed by atoms with Gasteiger partial charge in [-0.25, -0.2) is 0 Å². The first-order chi connectivity index (χ1) is 8.34. The standard InChI is InChI=1S/C12H13N3O2/c13-9-5-2-1-4-8(9)11-14-12(17-15-11)10-6-3-7-16-10/h1-2,4-5,10H,3,6-7,13H2. The lowest BCUT2D eigenvalue weighted by Crippen LogP contribution is -1.96. The summed E-state index contributed by atoms with van der Waals surface area (Å²) < 4.78 is 10.7. The van der Waals surface area contributed by atoms with Crippen molar-refractivity contribution in [1.82, 2.24) is 10.1 Å². The molecule has 5 heteroatoms. The molecule has 1 unspecified atom stereocenters. The fraction of sp³-hybridized carbons (Fsp3) is 0.333. The molecule has 2 heterocycles. The Bertz CT molecular complexity index is 518. The molecular weight excluding hydrogens is 218 g/mol. The maximum atomic E-state index is 5.86. The highest BCUT2D eigenvalue weighted by atomic mass is 16.5. The van der Waals surface area contributed by atoms with Crippen molar-refractivity contribution in [3.63, 3.8) is 0 Å². The van der Waals surface area contributed by atoms with E-state index >= 15 is 0 Å². The maximum absolute atomic E-state index is 5.86. The van der Waals surface area contributed by atoms with E-state index in [-0.39, 0.29) is 6.10 Å². The van der Waals surface area contributed by atoms with Gasteiger partial charge in [0.25, 0.3) is 5.89 Å². The van der Waals surface area contributed by atoms with E-state index in [2.05, 4.69) is 10.1 Å². The second-order valence-electron chi connectivity index (χ2n) is 4.05. The van der Waals surface area contributed by atoms with E-state index in [0.29, 0.717) is 17.4 Å².